The molecule has 0 bridgehead atoms. The maximum atomic E-state index is 5.76. The molecule has 2 aliphatic rings. The lowest BCUT2D eigenvalue weighted by atomic mass is 9.64. The van der Waals surface area contributed by atoms with Gasteiger partial charge in [0.05, 0.1) is 6.10 Å². The smallest absolute Gasteiger partial charge is 0.0655 e. The lowest BCUT2D eigenvalue weighted by molar-refractivity contribution is -0.114. The molecular weight excluding hydrogens is 244 g/mol. The van der Waals surface area contributed by atoms with Gasteiger partial charge in [0.1, 0.15) is 0 Å². The number of ether oxygens (including phenoxy) is 1. The molecule has 0 aromatic rings. The van der Waals surface area contributed by atoms with E-state index in [0.29, 0.717) is 23.6 Å². The van der Waals surface area contributed by atoms with Gasteiger partial charge < -0.3 is 15.4 Å². The van der Waals surface area contributed by atoms with Gasteiger partial charge in [0.2, 0.25) is 0 Å². The average molecular weight is 272 g/mol. The predicted molar refractivity (Wildman–Crippen MR) is 79.3 cm³/mol. The van der Waals surface area contributed by atoms with Gasteiger partial charge in [-0.2, -0.15) is 11.8 Å². The summed E-state index contributed by atoms with van der Waals surface area (Å²) in [6.07, 6.45) is 2.87. The molecule has 3 unspecified atom stereocenters. The molecule has 1 saturated carbocycles. The SMILES string of the molecule is CCOC1CC(NCCC2CSCCN2)C1(C)C. The molecule has 18 heavy (non-hydrogen) atoms. The van der Waals surface area contributed by atoms with E-state index < -0.39 is 0 Å². The van der Waals surface area contributed by atoms with Crippen LogP contribution in [0.25, 0.3) is 0 Å². The summed E-state index contributed by atoms with van der Waals surface area (Å²) in [4.78, 5) is 0. The van der Waals surface area contributed by atoms with Crippen molar-refractivity contribution >= 4 is 11.8 Å². The van der Waals surface area contributed by atoms with Gasteiger partial charge in [0, 0.05) is 42.2 Å². The summed E-state index contributed by atoms with van der Waals surface area (Å²) < 4.78 is 5.76. The maximum absolute atomic E-state index is 5.76. The van der Waals surface area contributed by atoms with E-state index in [4.69, 9.17) is 4.74 Å². The van der Waals surface area contributed by atoms with Gasteiger partial charge in [0.25, 0.3) is 0 Å². The van der Waals surface area contributed by atoms with Crippen LogP contribution in [0.15, 0.2) is 0 Å². The van der Waals surface area contributed by atoms with E-state index in [9.17, 15) is 0 Å². The van der Waals surface area contributed by atoms with E-state index in [-0.39, 0.29) is 0 Å². The van der Waals surface area contributed by atoms with Gasteiger partial charge in [-0.3, -0.25) is 0 Å². The second-order valence-corrected chi connectivity index (χ2v) is 7.17. The molecule has 4 heteroatoms. The first-order valence-corrected chi connectivity index (χ1v) is 8.46. The van der Waals surface area contributed by atoms with Crippen LogP contribution in [-0.4, -0.2) is 49.4 Å². The fourth-order valence-electron chi connectivity index (χ4n) is 2.95. The molecule has 0 aromatic carbocycles. The molecule has 2 N–H and O–H groups in total. The van der Waals surface area contributed by atoms with E-state index in [2.05, 4.69) is 43.2 Å². The second kappa shape index (κ2) is 6.60. The minimum absolute atomic E-state index is 0.296. The van der Waals surface area contributed by atoms with Crippen LogP contribution in [0.3, 0.4) is 0 Å². The number of hydrogen-bond acceptors (Lipinski definition) is 4. The summed E-state index contributed by atoms with van der Waals surface area (Å²) in [5, 5.41) is 7.31. The monoisotopic (exact) mass is 272 g/mol. The van der Waals surface area contributed by atoms with Crippen molar-refractivity contribution in [2.24, 2.45) is 5.41 Å². The number of hydrogen-bond donors (Lipinski definition) is 2. The molecule has 3 nitrogen and oxygen atoms in total. The van der Waals surface area contributed by atoms with E-state index in [1.54, 1.807) is 0 Å². The van der Waals surface area contributed by atoms with Crippen molar-refractivity contribution in [3.05, 3.63) is 0 Å². The fraction of sp³-hybridized carbons (Fsp3) is 1.00. The predicted octanol–water partition coefficient (Wildman–Crippen LogP) is 1.87. The third-order valence-electron chi connectivity index (χ3n) is 4.43. The number of rotatable bonds is 6. The topological polar surface area (TPSA) is 33.3 Å². The molecule has 1 aliphatic carbocycles. The average Bonchev–Trinajstić information content (AvgIpc) is 2.38. The highest BCUT2D eigenvalue weighted by Gasteiger charge is 2.48. The van der Waals surface area contributed by atoms with Gasteiger partial charge in [-0.15, -0.1) is 0 Å². The van der Waals surface area contributed by atoms with Crippen LogP contribution in [0.2, 0.25) is 0 Å². The Morgan fingerprint density at radius 1 is 1.44 bits per heavy atom. The Morgan fingerprint density at radius 2 is 2.28 bits per heavy atom. The molecule has 0 amide bonds. The normalized spacial score (nSPS) is 35.2. The Bertz CT molecular complexity index is 254. The summed E-state index contributed by atoms with van der Waals surface area (Å²) in [5.41, 5.74) is 0.296. The Morgan fingerprint density at radius 3 is 2.89 bits per heavy atom. The standard InChI is InChI=1S/C14H28N2OS/c1-4-17-13-9-12(14(13,2)3)16-6-5-11-10-18-8-7-15-11/h11-13,15-16H,4-10H2,1-3H3. The van der Waals surface area contributed by atoms with Crippen LogP contribution in [0, 0.1) is 5.41 Å². The molecule has 0 aromatic heterocycles. The summed E-state index contributed by atoms with van der Waals surface area (Å²) in [7, 11) is 0. The molecule has 1 aliphatic heterocycles. The lowest BCUT2D eigenvalue weighted by Gasteiger charge is -2.52. The van der Waals surface area contributed by atoms with Crippen molar-refractivity contribution in [3.63, 3.8) is 0 Å². The minimum Gasteiger partial charge on any atom is -0.378 e. The van der Waals surface area contributed by atoms with E-state index in [1.807, 2.05) is 0 Å². The summed E-state index contributed by atoms with van der Waals surface area (Å²) in [5.74, 6) is 2.55. The first-order chi connectivity index (χ1) is 8.64. The number of thioether (sulfide) groups is 1. The first kappa shape index (κ1) is 14.6. The van der Waals surface area contributed by atoms with Crippen molar-refractivity contribution in [3.8, 4) is 0 Å². The van der Waals surface area contributed by atoms with Crippen LogP contribution in [0.4, 0.5) is 0 Å². The molecule has 3 atom stereocenters. The zero-order valence-electron chi connectivity index (χ0n) is 12.0. The highest BCUT2D eigenvalue weighted by atomic mass is 32.2. The first-order valence-electron chi connectivity index (χ1n) is 7.30. The highest BCUT2D eigenvalue weighted by Crippen LogP contribution is 2.42. The molecule has 0 radical (unpaired) electrons. The zero-order chi connectivity index (χ0) is 13.0. The Kier molecular flexibility index (Phi) is 5.36. The van der Waals surface area contributed by atoms with E-state index >= 15 is 0 Å². The summed E-state index contributed by atoms with van der Waals surface area (Å²) in [6.45, 7) is 9.88. The zero-order valence-corrected chi connectivity index (χ0v) is 12.8. The van der Waals surface area contributed by atoms with Crippen LogP contribution in [0.1, 0.15) is 33.6 Å². The van der Waals surface area contributed by atoms with Crippen molar-refractivity contribution < 1.29 is 4.74 Å². The fourth-order valence-corrected chi connectivity index (χ4v) is 3.95. The minimum atomic E-state index is 0.296. The van der Waals surface area contributed by atoms with Crippen molar-refractivity contribution in [1.82, 2.24) is 10.6 Å². The molecule has 1 heterocycles. The van der Waals surface area contributed by atoms with E-state index in [0.717, 1.165) is 13.2 Å². The Hall–Kier alpha value is 0.230. The maximum Gasteiger partial charge on any atom is 0.0655 e. The van der Waals surface area contributed by atoms with Gasteiger partial charge >= 0.3 is 0 Å². The Labute approximate surface area is 116 Å². The molecule has 1 saturated heterocycles. The molecular formula is C14H28N2OS. The van der Waals surface area contributed by atoms with Gasteiger partial charge in [0.15, 0.2) is 0 Å². The molecule has 106 valence electrons. The number of nitrogens with one attached hydrogen (secondary N) is 2. The largest absolute Gasteiger partial charge is 0.378 e. The molecule has 2 fully saturated rings. The summed E-state index contributed by atoms with van der Waals surface area (Å²) >= 11 is 2.08. The third-order valence-corrected chi connectivity index (χ3v) is 5.56. The van der Waals surface area contributed by atoms with Crippen LogP contribution in [0.5, 0.6) is 0 Å². The van der Waals surface area contributed by atoms with Gasteiger partial charge in [-0.05, 0) is 26.3 Å². The highest BCUT2D eigenvalue weighted by molar-refractivity contribution is 7.99. The quantitative estimate of drug-likeness (QED) is 0.773. The van der Waals surface area contributed by atoms with Gasteiger partial charge in [-0.1, -0.05) is 13.8 Å². The second-order valence-electron chi connectivity index (χ2n) is 6.02. The Balaban J connectivity index is 1.62. The van der Waals surface area contributed by atoms with E-state index in [1.165, 1.54) is 30.9 Å². The van der Waals surface area contributed by atoms with Crippen molar-refractivity contribution in [1.29, 1.82) is 0 Å². The van der Waals surface area contributed by atoms with Gasteiger partial charge in [-0.25, -0.2) is 0 Å². The van der Waals surface area contributed by atoms with Crippen molar-refractivity contribution in [2.75, 3.05) is 31.2 Å². The third kappa shape index (κ3) is 3.41. The van der Waals surface area contributed by atoms with Crippen LogP contribution < -0.4 is 10.6 Å². The van der Waals surface area contributed by atoms with Crippen molar-refractivity contribution in [2.45, 2.75) is 51.8 Å². The summed E-state index contributed by atoms with van der Waals surface area (Å²) in [6, 6.07) is 1.34. The van der Waals surface area contributed by atoms with Crippen LogP contribution >= 0.6 is 11.8 Å². The molecule has 2 rings (SSSR count). The van der Waals surface area contributed by atoms with Crippen LogP contribution in [-0.2, 0) is 4.74 Å². The molecule has 0 spiro atoms. The lowest BCUT2D eigenvalue weighted by Crippen LogP contribution is -2.61.